The molecule has 0 aliphatic heterocycles. The summed E-state index contributed by atoms with van der Waals surface area (Å²) >= 11 is 5.86. The highest BCUT2D eigenvalue weighted by atomic mass is 35.5. The van der Waals surface area contributed by atoms with E-state index >= 15 is 0 Å². The van der Waals surface area contributed by atoms with Crippen molar-refractivity contribution in [2.45, 2.75) is 39.3 Å². The smallest absolute Gasteiger partial charge is 0.0406 e. The molecule has 1 aliphatic carbocycles. The van der Waals surface area contributed by atoms with Crippen molar-refractivity contribution in [3.05, 3.63) is 34.9 Å². The molecule has 1 nitrogen and oxygen atoms in total. The van der Waals surface area contributed by atoms with Crippen LogP contribution in [-0.4, -0.2) is 6.04 Å². The van der Waals surface area contributed by atoms with E-state index in [1.54, 1.807) is 0 Å². The van der Waals surface area contributed by atoms with E-state index in [1.807, 2.05) is 12.1 Å². The van der Waals surface area contributed by atoms with E-state index in [2.05, 4.69) is 31.3 Å². The van der Waals surface area contributed by atoms with Gasteiger partial charge in [-0.3, -0.25) is 0 Å². The Morgan fingerprint density at radius 3 is 2.44 bits per heavy atom. The van der Waals surface area contributed by atoms with Gasteiger partial charge in [0.25, 0.3) is 0 Å². The molecule has 2 heteroatoms. The Morgan fingerprint density at radius 1 is 1.19 bits per heavy atom. The fourth-order valence-corrected chi connectivity index (χ4v) is 2.63. The molecule has 16 heavy (non-hydrogen) atoms. The molecule has 0 amide bonds. The summed E-state index contributed by atoms with van der Waals surface area (Å²) in [7, 11) is 0. The van der Waals surface area contributed by atoms with Gasteiger partial charge in [-0.2, -0.15) is 0 Å². The number of nitrogens with one attached hydrogen (secondary N) is 1. The van der Waals surface area contributed by atoms with Crippen molar-refractivity contribution >= 4 is 11.6 Å². The van der Waals surface area contributed by atoms with Crippen LogP contribution in [0.3, 0.4) is 0 Å². The van der Waals surface area contributed by atoms with Crippen LogP contribution in [0.15, 0.2) is 24.3 Å². The molecule has 1 aliphatic rings. The Balaban J connectivity index is 1.86. The standard InChI is InChI=1S/C14H20ClN/c1-10-3-8-14(11(10)2)16-9-12-4-6-13(15)7-5-12/h4-7,10-11,14,16H,3,8-9H2,1-2H3. The number of rotatable bonds is 3. The maximum Gasteiger partial charge on any atom is 0.0406 e. The van der Waals surface area contributed by atoms with Crippen LogP contribution in [0.1, 0.15) is 32.3 Å². The van der Waals surface area contributed by atoms with E-state index in [0.717, 1.165) is 23.4 Å². The Morgan fingerprint density at radius 2 is 1.88 bits per heavy atom. The zero-order valence-corrected chi connectivity index (χ0v) is 10.8. The van der Waals surface area contributed by atoms with E-state index in [1.165, 1.54) is 18.4 Å². The average molecular weight is 238 g/mol. The second kappa shape index (κ2) is 5.20. The molecule has 0 aromatic heterocycles. The van der Waals surface area contributed by atoms with E-state index in [0.29, 0.717) is 6.04 Å². The molecular weight excluding hydrogens is 218 g/mol. The first kappa shape index (κ1) is 11.9. The summed E-state index contributed by atoms with van der Waals surface area (Å²) in [6, 6.07) is 8.79. The summed E-state index contributed by atoms with van der Waals surface area (Å²) in [5.41, 5.74) is 1.32. The van der Waals surface area contributed by atoms with Crippen LogP contribution in [0.2, 0.25) is 5.02 Å². The van der Waals surface area contributed by atoms with Gasteiger partial charge in [0, 0.05) is 17.6 Å². The predicted octanol–water partition coefficient (Wildman–Crippen LogP) is 3.86. The molecule has 1 N–H and O–H groups in total. The molecule has 3 unspecified atom stereocenters. The average Bonchev–Trinajstić information content (AvgIpc) is 2.60. The molecule has 0 bridgehead atoms. The zero-order valence-electron chi connectivity index (χ0n) is 10.0. The van der Waals surface area contributed by atoms with Crippen molar-refractivity contribution in [1.29, 1.82) is 0 Å². The summed E-state index contributed by atoms with van der Waals surface area (Å²) in [4.78, 5) is 0. The lowest BCUT2D eigenvalue weighted by atomic mass is 9.98. The Bertz CT molecular complexity index is 333. The highest BCUT2D eigenvalue weighted by Crippen LogP contribution is 2.31. The van der Waals surface area contributed by atoms with E-state index in [-0.39, 0.29) is 0 Å². The van der Waals surface area contributed by atoms with Crippen LogP contribution < -0.4 is 5.32 Å². The van der Waals surface area contributed by atoms with E-state index < -0.39 is 0 Å². The molecule has 0 spiro atoms. The summed E-state index contributed by atoms with van der Waals surface area (Å²) in [6.07, 6.45) is 2.68. The molecular formula is C14H20ClN. The lowest BCUT2D eigenvalue weighted by Gasteiger charge is -2.19. The maximum absolute atomic E-state index is 5.86. The summed E-state index contributed by atoms with van der Waals surface area (Å²) < 4.78 is 0. The van der Waals surface area contributed by atoms with Crippen LogP contribution in [0.5, 0.6) is 0 Å². The van der Waals surface area contributed by atoms with Crippen molar-refractivity contribution in [2.24, 2.45) is 11.8 Å². The molecule has 0 saturated heterocycles. The van der Waals surface area contributed by atoms with Crippen molar-refractivity contribution in [1.82, 2.24) is 5.32 Å². The van der Waals surface area contributed by atoms with Crippen LogP contribution in [-0.2, 0) is 6.54 Å². The van der Waals surface area contributed by atoms with Gasteiger partial charge >= 0.3 is 0 Å². The Hall–Kier alpha value is -0.530. The van der Waals surface area contributed by atoms with Gasteiger partial charge in [-0.15, -0.1) is 0 Å². The van der Waals surface area contributed by atoms with Gasteiger partial charge < -0.3 is 5.32 Å². The van der Waals surface area contributed by atoms with Gasteiger partial charge in [-0.25, -0.2) is 0 Å². The molecule has 88 valence electrons. The monoisotopic (exact) mass is 237 g/mol. The van der Waals surface area contributed by atoms with Crippen LogP contribution in [0.4, 0.5) is 0 Å². The number of benzene rings is 1. The Labute approximate surface area is 103 Å². The lowest BCUT2D eigenvalue weighted by molar-refractivity contribution is 0.370. The molecule has 3 atom stereocenters. The zero-order chi connectivity index (χ0) is 11.5. The second-order valence-corrected chi connectivity index (χ2v) is 5.46. The number of hydrogen-bond donors (Lipinski definition) is 1. The maximum atomic E-state index is 5.86. The molecule has 1 aromatic rings. The predicted molar refractivity (Wildman–Crippen MR) is 69.6 cm³/mol. The molecule has 0 radical (unpaired) electrons. The minimum atomic E-state index is 0.686. The lowest BCUT2D eigenvalue weighted by Crippen LogP contribution is -2.31. The van der Waals surface area contributed by atoms with Gasteiger partial charge in [-0.1, -0.05) is 37.6 Å². The quantitative estimate of drug-likeness (QED) is 0.842. The first-order valence-corrected chi connectivity index (χ1v) is 6.52. The molecule has 1 aromatic carbocycles. The fourth-order valence-electron chi connectivity index (χ4n) is 2.50. The van der Waals surface area contributed by atoms with Crippen molar-refractivity contribution in [3.63, 3.8) is 0 Å². The van der Waals surface area contributed by atoms with Gasteiger partial charge in [-0.05, 0) is 42.4 Å². The summed E-state index contributed by atoms with van der Waals surface area (Å²) in [5, 5.41) is 4.47. The third-order valence-electron chi connectivity index (χ3n) is 3.95. The minimum Gasteiger partial charge on any atom is -0.310 e. The van der Waals surface area contributed by atoms with Gasteiger partial charge in [0.2, 0.25) is 0 Å². The van der Waals surface area contributed by atoms with Crippen molar-refractivity contribution < 1.29 is 0 Å². The largest absolute Gasteiger partial charge is 0.310 e. The van der Waals surface area contributed by atoms with Crippen LogP contribution in [0.25, 0.3) is 0 Å². The highest BCUT2D eigenvalue weighted by Gasteiger charge is 2.28. The van der Waals surface area contributed by atoms with Crippen LogP contribution in [0, 0.1) is 11.8 Å². The van der Waals surface area contributed by atoms with Gasteiger partial charge in [0.15, 0.2) is 0 Å². The minimum absolute atomic E-state index is 0.686. The van der Waals surface area contributed by atoms with Crippen molar-refractivity contribution in [2.75, 3.05) is 0 Å². The number of halogens is 1. The van der Waals surface area contributed by atoms with Crippen LogP contribution >= 0.6 is 11.6 Å². The second-order valence-electron chi connectivity index (χ2n) is 5.03. The SMILES string of the molecule is CC1CCC(NCc2ccc(Cl)cc2)C1C. The third kappa shape index (κ3) is 2.78. The fraction of sp³-hybridized carbons (Fsp3) is 0.571. The first-order chi connectivity index (χ1) is 7.66. The van der Waals surface area contributed by atoms with Gasteiger partial charge in [0.1, 0.15) is 0 Å². The molecule has 1 saturated carbocycles. The molecule has 1 fully saturated rings. The molecule has 2 rings (SSSR count). The number of hydrogen-bond acceptors (Lipinski definition) is 1. The van der Waals surface area contributed by atoms with Gasteiger partial charge in [0.05, 0.1) is 0 Å². The molecule has 0 heterocycles. The normalized spacial score (nSPS) is 29.6. The Kier molecular flexibility index (Phi) is 3.88. The topological polar surface area (TPSA) is 12.0 Å². The first-order valence-electron chi connectivity index (χ1n) is 6.14. The van der Waals surface area contributed by atoms with E-state index in [9.17, 15) is 0 Å². The summed E-state index contributed by atoms with van der Waals surface area (Å²) in [6.45, 7) is 5.67. The van der Waals surface area contributed by atoms with Crippen molar-refractivity contribution in [3.8, 4) is 0 Å². The summed E-state index contributed by atoms with van der Waals surface area (Å²) in [5.74, 6) is 1.66. The third-order valence-corrected chi connectivity index (χ3v) is 4.20. The highest BCUT2D eigenvalue weighted by molar-refractivity contribution is 6.30. The van der Waals surface area contributed by atoms with E-state index in [4.69, 9.17) is 11.6 Å².